The summed E-state index contributed by atoms with van der Waals surface area (Å²) in [5.41, 5.74) is 0.996. The van der Waals surface area contributed by atoms with Crippen LogP contribution < -0.4 is 15.5 Å². The van der Waals surface area contributed by atoms with Crippen molar-refractivity contribution in [3.63, 3.8) is 0 Å². The first-order valence-corrected chi connectivity index (χ1v) is 11.1. The first kappa shape index (κ1) is 28.0. The van der Waals surface area contributed by atoms with Gasteiger partial charge in [0.2, 0.25) is 0 Å². The molecule has 35 heavy (non-hydrogen) atoms. The van der Waals surface area contributed by atoms with E-state index < -0.39 is 41.6 Å². The van der Waals surface area contributed by atoms with Crippen LogP contribution in [0.1, 0.15) is 31.9 Å². The van der Waals surface area contributed by atoms with Gasteiger partial charge in [0.05, 0.1) is 19.3 Å². The molecule has 0 radical (unpaired) electrons. The first-order valence-electron chi connectivity index (χ1n) is 11.1. The maximum Gasteiger partial charge on any atom is 0.413 e. The van der Waals surface area contributed by atoms with Crippen LogP contribution in [0.4, 0.5) is 24.1 Å². The van der Waals surface area contributed by atoms with Gasteiger partial charge < -0.3 is 25.2 Å². The van der Waals surface area contributed by atoms with E-state index in [1.807, 2.05) is 6.07 Å². The number of amides is 2. The molecule has 0 aliphatic heterocycles. The number of ether oxygens (including phenoxy) is 2. The number of benzene rings is 2. The molecule has 2 aromatic carbocycles. The molecule has 0 aromatic heterocycles. The lowest BCUT2D eigenvalue weighted by atomic mass is 10.0. The normalized spacial score (nSPS) is 13.0. The minimum absolute atomic E-state index is 0.0177. The van der Waals surface area contributed by atoms with E-state index in [1.165, 1.54) is 12.0 Å². The Kier molecular flexibility index (Phi) is 9.97. The van der Waals surface area contributed by atoms with Gasteiger partial charge in [-0.15, -0.1) is 0 Å². The van der Waals surface area contributed by atoms with E-state index >= 15 is 0 Å². The monoisotopic (exact) mass is 493 g/mol. The third-order valence-electron chi connectivity index (χ3n) is 4.97. The summed E-state index contributed by atoms with van der Waals surface area (Å²) in [5, 5.41) is 16.5. The molecule has 192 valence electrons. The molecule has 0 saturated carbocycles. The lowest BCUT2D eigenvalue weighted by molar-refractivity contribution is 0.0422. The van der Waals surface area contributed by atoms with E-state index in [-0.39, 0.29) is 18.5 Å². The number of aliphatic hydroxyl groups is 1. The number of anilines is 1. The molecule has 2 atom stereocenters. The van der Waals surface area contributed by atoms with Crippen molar-refractivity contribution in [2.24, 2.45) is 0 Å². The second-order valence-corrected chi connectivity index (χ2v) is 9.13. The highest BCUT2D eigenvalue weighted by atomic mass is 19.1. The van der Waals surface area contributed by atoms with Crippen LogP contribution in [-0.2, 0) is 22.4 Å². The molecule has 1 unspecified atom stereocenters. The molecule has 0 saturated heterocycles. The number of alkyl carbamates (subject to hydrolysis) is 1. The summed E-state index contributed by atoms with van der Waals surface area (Å²) in [4.78, 5) is 25.4. The van der Waals surface area contributed by atoms with Crippen LogP contribution in [-0.4, -0.2) is 55.7 Å². The van der Waals surface area contributed by atoms with Crippen molar-refractivity contribution in [2.45, 2.75) is 51.5 Å². The zero-order chi connectivity index (χ0) is 26.2. The topological polar surface area (TPSA) is 100 Å². The standard InChI is InChI=1S/C25H33F2N3O5/c1-25(2,3)35-23(32)29-21(12-17-9-18(26)13-19(27)10-17)22(31)15-28-14-16-7-6-8-20(11-16)30(4)24(33)34-5/h6-11,13,21-22,28,31H,12,14-15H2,1-5H3,(H,29,32)/t21-,22?/m0/s1. The summed E-state index contributed by atoms with van der Waals surface area (Å²) in [7, 11) is 2.88. The van der Waals surface area contributed by atoms with Crippen LogP contribution in [0.5, 0.6) is 0 Å². The molecule has 3 N–H and O–H groups in total. The minimum atomic E-state index is -1.10. The van der Waals surface area contributed by atoms with Crippen LogP contribution in [0.25, 0.3) is 0 Å². The lowest BCUT2D eigenvalue weighted by Gasteiger charge is -2.27. The molecule has 0 spiro atoms. The molecule has 0 bridgehead atoms. The quantitative estimate of drug-likeness (QED) is 0.492. The SMILES string of the molecule is COC(=O)N(C)c1cccc(CNCC(O)[C@H](Cc2cc(F)cc(F)c2)NC(=O)OC(C)(C)C)c1. The number of rotatable bonds is 9. The van der Waals surface area contributed by atoms with Crippen molar-refractivity contribution in [3.8, 4) is 0 Å². The van der Waals surface area contributed by atoms with Gasteiger partial charge in [-0.05, 0) is 62.6 Å². The summed E-state index contributed by atoms with van der Waals surface area (Å²) in [6.45, 7) is 5.52. The zero-order valence-electron chi connectivity index (χ0n) is 20.6. The fourth-order valence-electron chi connectivity index (χ4n) is 3.35. The number of carbonyl (C=O) groups excluding carboxylic acids is 2. The molecule has 0 fully saturated rings. The number of nitrogens with one attached hydrogen (secondary N) is 2. The average molecular weight is 494 g/mol. The number of hydrogen-bond donors (Lipinski definition) is 3. The summed E-state index contributed by atoms with van der Waals surface area (Å²) in [6.07, 6.45) is -2.38. The van der Waals surface area contributed by atoms with Crippen LogP contribution in [0.2, 0.25) is 0 Å². The molecular weight excluding hydrogens is 460 g/mol. The van der Waals surface area contributed by atoms with Gasteiger partial charge in [0.25, 0.3) is 0 Å². The third-order valence-corrected chi connectivity index (χ3v) is 4.97. The Labute approximate surface area is 204 Å². The Balaban J connectivity index is 2.06. The van der Waals surface area contributed by atoms with Crippen LogP contribution in [0, 0.1) is 11.6 Å². The van der Waals surface area contributed by atoms with Gasteiger partial charge in [-0.25, -0.2) is 18.4 Å². The molecular formula is C25H33F2N3O5. The average Bonchev–Trinajstić information content (AvgIpc) is 2.75. The van der Waals surface area contributed by atoms with Crippen LogP contribution in [0.15, 0.2) is 42.5 Å². The van der Waals surface area contributed by atoms with Crippen molar-refractivity contribution in [2.75, 3.05) is 25.6 Å². The molecule has 8 nitrogen and oxygen atoms in total. The van der Waals surface area contributed by atoms with Crippen molar-refractivity contribution in [3.05, 3.63) is 65.2 Å². The van der Waals surface area contributed by atoms with Crippen molar-refractivity contribution >= 4 is 17.9 Å². The molecule has 2 aromatic rings. The Morgan fingerprint density at radius 1 is 1.09 bits per heavy atom. The van der Waals surface area contributed by atoms with Gasteiger partial charge in [0.1, 0.15) is 17.2 Å². The molecule has 0 heterocycles. The van der Waals surface area contributed by atoms with E-state index in [2.05, 4.69) is 10.6 Å². The Morgan fingerprint density at radius 2 is 1.74 bits per heavy atom. The number of aliphatic hydroxyl groups excluding tert-OH is 1. The fraction of sp³-hybridized carbons (Fsp3) is 0.440. The highest BCUT2D eigenvalue weighted by Gasteiger charge is 2.25. The van der Waals surface area contributed by atoms with Crippen molar-refractivity contribution in [1.82, 2.24) is 10.6 Å². The largest absolute Gasteiger partial charge is 0.452 e. The predicted octanol–water partition coefficient (Wildman–Crippen LogP) is 3.75. The van der Waals surface area contributed by atoms with Crippen LogP contribution >= 0.6 is 0 Å². The number of methoxy groups -OCH3 is 1. The Morgan fingerprint density at radius 3 is 2.34 bits per heavy atom. The third kappa shape index (κ3) is 9.50. The van der Waals surface area contributed by atoms with E-state index in [0.717, 1.165) is 23.8 Å². The van der Waals surface area contributed by atoms with Gasteiger partial charge in [-0.2, -0.15) is 0 Å². The van der Waals surface area contributed by atoms with Crippen molar-refractivity contribution < 1.29 is 33.0 Å². The molecule has 2 rings (SSSR count). The second kappa shape index (κ2) is 12.5. The molecule has 10 heteroatoms. The number of carbonyl (C=O) groups is 2. The van der Waals surface area contributed by atoms with E-state index in [9.17, 15) is 23.5 Å². The summed E-state index contributed by atoms with van der Waals surface area (Å²) in [5.74, 6) is -1.50. The Hall–Kier alpha value is -3.24. The lowest BCUT2D eigenvalue weighted by Crippen LogP contribution is -2.49. The number of nitrogens with zero attached hydrogens (tertiary/aromatic N) is 1. The Bertz CT molecular complexity index is 993. The smallest absolute Gasteiger partial charge is 0.413 e. The summed E-state index contributed by atoms with van der Waals surface area (Å²) in [6, 6.07) is 9.36. The highest BCUT2D eigenvalue weighted by Crippen LogP contribution is 2.16. The number of halogens is 2. The number of hydrogen-bond acceptors (Lipinski definition) is 6. The van der Waals surface area contributed by atoms with E-state index in [4.69, 9.17) is 9.47 Å². The maximum absolute atomic E-state index is 13.7. The van der Waals surface area contributed by atoms with Gasteiger partial charge in [-0.3, -0.25) is 4.90 Å². The molecule has 0 aliphatic rings. The predicted molar refractivity (Wildman–Crippen MR) is 128 cm³/mol. The van der Waals surface area contributed by atoms with Gasteiger partial charge >= 0.3 is 12.2 Å². The van der Waals surface area contributed by atoms with E-state index in [1.54, 1.807) is 46.0 Å². The van der Waals surface area contributed by atoms with Gasteiger partial charge in [0.15, 0.2) is 0 Å². The first-order chi connectivity index (χ1) is 16.4. The van der Waals surface area contributed by atoms with Crippen LogP contribution in [0.3, 0.4) is 0 Å². The minimum Gasteiger partial charge on any atom is -0.452 e. The fourth-order valence-corrected chi connectivity index (χ4v) is 3.35. The highest BCUT2D eigenvalue weighted by molar-refractivity contribution is 5.86. The van der Waals surface area contributed by atoms with Gasteiger partial charge in [0, 0.05) is 31.9 Å². The molecule has 0 aliphatic carbocycles. The maximum atomic E-state index is 13.7. The van der Waals surface area contributed by atoms with Crippen molar-refractivity contribution in [1.29, 1.82) is 0 Å². The second-order valence-electron chi connectivity index (χ2n) is 9.13. The summed E-state index contributed by atoms with van der Waals surface area (Å²) >= 11 is 0. The zero-order valence-corrected chi connectivity index (χ0v) is 20.6. The summed E-state index contributed by atoms with van der Waals surface area (Å²) < 4.78 is 37.3. The van der Waals surface area contributed by atoms with E-state index in [0.29, 0.717) is 12.2 Å². The molecule has 2 amide bonds. The van der Waals surface area contributed by atoms with Gasteiger partial charge in [-0.1, -0.05) is 12.1 Å².